The largest absolute Gasteiger partial charge is 0.399 e. The van der Waals surface area contributed by atoms with Gasteiger partial charge < -0.3 is 15.8 Å². The molecule has 1 heterocycles. The zero-order valence-corrected chi connectivity index (χ0v) is 11.6. The van der Waals surface area contributed by atoms with Crippen LogP contribution >= 0.6 is 0 Å². The fourth-order valence-electron chi connectivity index (χ4n) is 2.18. The Kier molecular flexibility index (Phi) is 3.98. The monoisotopic (exact) mass is 285 g/mol. The number of nitrogen functional groups attached to an aromatic ring is 1. The minimum Gasteiger partial charge on any atom is -0.399 e. The molecule has 1 aromatic rings. The molecule has 1 aliphatic rings. The molecule has 1 aliphatic heterocycles. The van der Waals surface area contributed by atoms with Crippen LogP contribution in [0, 0.1) is 5.92 Å². The molecule has 2 rings (SSSR count). The molecule has 0 radical (unpaired) electrons. The van der Waals surface area contributed by atoms with Gasteiger partial charge in [0, 0.05) is 30.4 Å². The summed E-state index contributed by atoms with van der Waals surface area (Å²) >= 11 is 0. The van der Waals surface area contributed by atoms with Gasteiger partial charge in [0.05, 0.1) is 11.0 Å². The lowest BCUT2D eigenvalue weighted by atomic mass is 10.0. The lowest BCUT2D eigenvalue weighted by Gasteiger charge is -2.16. The van der Waals surface area contributed by atoms with E-state index in [0.717, 1.165) is 13.0 Å². The molecule has 6 nitrogen and oxygen atoms in total. The molecule has 106 valence electrons. The molecule has 0 saturated carbocycles. The third-order valence-corrected chi connectivity index (χ3v) is 4.25. The first-order valence-corrected chi connectivity index (χ1v) is 7.70. The van der Waals surface area contributed by atoms with E-state index in [2.05, 4.69) is 5.32 Å². The number of hydrogen-bond donors (Lipinski definition) is 3. The number of rotatable bonds is 4. The van der Waals surface area contributed by atoms with Gasteiger partial charge in [0.25, 0.3) is 0 Å². The van der Waals surface area contributed by atoms with E-state index in [1.807, 2.05) is 6.92 Å². The van der Waals surface area contributed by atoms with Crippen LogP contribution in [0.3, 0.4) is 0 Å². The predicted octanol–water partition coefficient (Wildman–Crippen LogP) is 0.753. The number of benzene rings is 1. The normalized spacial score (nSPS) is 23.5. The molecule has 1 saturated heterocycles. The number of nitrogens with one attached hydrogen (secondary N) is 1. The van der Waals surface area contributed by atoms with E-state index < -0.39 is 10.0 Å². The number of nitrogens with two attached hydrogens (primary N) is 2. The fourth-order valence-corrected chi connectivity index (χ4v) is 2.77. The first-order chi connectivity index (χ1) is 8.86. The number of sulfonamides is 1. The molecule has 7 heteroatoms. The Labute approximate surface area is 113 Å². The van der Waals surface area contributed by atoms with Crippen molar-refractivity contribution in [2.75, 3.05) is 24.2 Å². The smallest absolute Gasteiger partial charge is 0.238 e. The van der Waals surface area contributed by atoms with Gasteiger partial charge in [-0.15, -0.1) is 0 Å². The summed E-state index contributed by atoms with van der Waals surface area (Å²) < 4.78 is 28.1. The second-order valence-electron chi connectivity index (χ2n) is 4.84. The number of primary sulfonamides is 1. The molecule has 1 fully saturated rings. The van der Waals surface area contributed by atoms with Crippen molar-refractivity contribution in [2.24, 2.45) is 11.1 Å². The summed E-state index contributed by atoms with van der Waals surface area (Å²) in [6.45, 7) is 3.52. The maximum Gasteiger partial charge on any atom is 0.238 e. The second kappa shape index (κ2) is 5.36. The molecular formula is C12H19N3O3S. The van der Waals surface area contributed by atoms with Crippen LogP contribution in [0.15, 0.2) is 23.1 Å². The minimum atomic E-state index is -3.74. The predicted molar refractivity (Wildman–Crippen MR) is 74.2 cm³/mol. The highest BCUT2D eigenvalue weighted by atomic mass is 32.2. The number of anilines is 2. The minimum absolute atomic E-state index is 0.0192. The van der Waals surface area contributed by atoms with Gasteiger partial charge >= 0.3 is 0 Å². The zero-order valence-electron chi connectivity index (χ0n) is 10.8. The average Bonchev–Trinajstić information content (AvgIpc) is 2.70. The third kappa shape index (κ3) is 3.59. The Hall–Kier alpha value is -1.31. The first kappa shape index (κ1) is 14.1. The van der Waals surface area contributed by atoms with Gasteiger partial charge in [0.2, 0.25) is 10.0 Å². The van der Waals surface area contributed by atoms with Gasteiger partial charge in [-0.1, -0.05) is 0 Å². The summed E-state index contributed by atoms with van der Waals surface area (Å²) in [7, 11) is -3.74. The van der Waals surface area contributed by atoms with Crippen molar-refractivity contribution in [2.45, 2.75) is 24.3 Å². The zero-order chi connectivity index (χ0) is 14.0. The molecule has 2 unspecified atom stereocenters. The van der Waals surface area contributed by atoms with Gasteiger partial charge in [0.15, 0.2) is 0 Å². The summed E-state index contributed by atoms with van der Waals surface area (Å²) in [4.78, 5) is 0.0192. The molecule has 0 aromatic heterocycles. The standard InChI is InChI=1S/C12H19N3O3S/c1-8-9(2-3-18-8)7-15-11-4-10(13)5-12(6-11)19(14,16)17/h4-6,8-9,15H,2-3,7,13H2,1H3,(H2,14,16,17). The van der Waals surface area contributed by atoms with Crippen LogP contribution in [0.5, 0.6) is 0 Å². The topological polar surface area (TPSA) is 107 Å². The SMILES string of the molecule is CC1OCCC1CNc1cc(N)cc(S(N)(=O)=O)c1. The molecule has 2 atom stereocenters. The highest BCUT2D eigenvalue weighted by Crippen LogP contribution is 2.23. The highest BCUT2D eigenvalue weighted by molar-refractivity contribution is 7.89. The van der Waals surface area contributed by atoms with E-state index >= 15 is 0 Å². The Morgan fingerprint density at radius 3 is 2.74 bits per heavy atom. The van der Waals surface area contributed by atoms with Crippen LogP contribution in [0.4, 0.5) is 11.4 Å². The van der Waals surface area contributed by atoms with Gasteiger partial charge in [-0.2, -0.15) is 0 Å². The van der Waals surface area contributed by atoms with Crippen LogP contribution in [-0.2, 0) is 14.8 Å². The van der Waals surface area contributed by atoms with Crippen LogP contribution in [0.2, 0.25) is 0 Å². The van der Waals surface area contributed by atoms with Crippen molar-refractivity contribution < 1.29 is 13.2 Å². The average molecular weight is 285 g/mol. The maximum absolute atomic E-state index is 11.3. The third-order valence-electron chi connectivity index (χ3n) is 3.36. The summed E-state index contributed by atoms with van der Waals surface area (Å²) in [5.41, 5.74) is 6.70. The van der Waals surface area contributed by atoms with E-state index in [-0.39, 0.29) is 11.0 Å². The van der Waals surface area contributed by atoms with Crippen molar-refractivity contribution in [3.63, 3.8) is 0 Å². The lowest BCUT2D eigenvalue weighted by molar-refractivity contribution is 0.108. The number of ether oxygens (including phenoxy) is 1. The van der Waals surface area contributed by atoms with Crippen molar-refractivity contribution in [3.8, 4) is 0 Å². The summed E-state index contributed by atoms with van der Waals surface area (Å²) in [5.74, 6) is 0.416. The summed E-state index contributed by atoms with van der Waals surface area (Å²) in [6, 6.07) is 4.53. The first-order valence-electron chi connectivity index (χ1n) is 6.15. The van der Waals surface area contributed by atoms with E-state index in [1.165, 1.54) is 12.1 Å². The Balaban J connectivity index is 2.10. The van der Waals surface area contributed by atoms with Gasteiger partial charge in [-0.25, -0.2) is 13.6 Å². The van der Waals surface area contributed by atoms with Crippen molar-refractivity contribution in [1.29, 1.82) is 0 Å². The lowest BCUT2D eigenvalue weighted by Crippen LogP contribution is -2.21. The van der Waals surface area contributed by atoms with E-state index in [4.69, 9.17) is 15.6 Å². The second-order valence-corrected chi connectivity index (χ2v) is 6.40. The van der Waals surface area contributed by atoms with E-state index in [0.29, 0.717) is 23.8 Å². The van der Waals surface area contributed by atoms with Crippen molar-refractivity contribution in [3.05, 3.63) is 18.2 Å². The Morgan fingerprint density at radius 2 is 2.16 bits per heavy atom. The summed E-state index contributed by atoms with van der Waals surface area (Å²) in [6.07, 6.45) is 1.21. The summed E-state index contributed by atoms with van der Waals surface area (Å²) in [5, 5.41) is 8.29. The van der Waals surface area contributed by atoms with E-state index in [1.54, 1.807) is 6.07 Å². The van der Waals surface area contributed by atoms with Crippen LogP contribution in [-0.4, -0.2) is 27.7 Å². The maximum atomic E-state index is 11.3. The highest BCUT2D eigenvalue weighted by Gasteiger charge is 2.23. The van der Waals surface area contributed by atoms with Gasteiger partial charge in [-0.3, -0.25) is 0 Å². The molecule has 0 amide bonds. The molecule has 19 heavy (non-hydrogen) atoms. The van der Waals surface area contributed by atoms with Gasteiger partial charge in [0.1, 0.15) is 0 Å². The molecule has 0 aliphatic carbocycles. The molecule has 0 spiro atoms. The molecule has 5 N–H and O–H groups in total. The Bertz CT molecular complexity index is 559. The van der Waals surface area contributed by atoms with Gasteiger partial charge in [-0.05, 0) is 31.5 Å². The van der Waals surface area contributed by atoms with E-state index in [9.17, 15) is 8.42 Å². The van der Waals surface area contributed by atoms with Crippen LogP contribution < -0.4 is 16.2 Å². The molecular weight excluding hydrogens is 266 g/mol. The van der Waals surface area contributed by atoms with Crippen LogP contribution in [0.1, 0.15) is 13.3 Å². The van der Waals surface area contributed by atoms with Crippen molar-refractivity contribution >= 4 is 21.4 Å². The Morgan fingerprint density at radius 1 is 1.42 bits per heavy atom. The van der Waals surface area contributed by atoms with Crippen LogP contribution in [0.25, 0.3) is 0 Å². The van der Waals surface area contributed by atoms with Crippen molar-refractivity contribution in [1.82, 2.24) is 0 Å². The molecule has 1 aromatic carbocycles. The quantitative estimate of drug-likeness (QED) is 0.708. The fraction of sp³-hybridized carbons (Fsp3) is 0.500. The number of hydrogen-bond acceptors (Lipinski definition) is 5. The molecule has 0 bridgehead atoms.